The van der Waals surface area contributed by atoms with Crippen molar-refractivity contribution in [3.63, 3.8) is 0 Å². The van der Waals surface area contributed by atoms with Crippen LogP contribution < -0.4 is 11.1 Å². The first-order valence-corrected chi connectivity index (χ1v) is 6.51. The third-order valence-corrected chi connectivity index (χ3v) is 3.19. The number of likely N-dealkylation sites (tertiary alicyclic amines) is 1. The molecular formula is C14H19N3O2. The van der Waals surface area contributed by atoms with Gasteiger partial charge in [0, 0.05) is 37.8 Å². The molecule has 0 radical (unpaired) electrons. The number of carbonyl (C=O) groups is 2. The van der Waals surface area contributed by atoms with E-state index in [1.54, 1.807) is 18.2 Å². The van der Waals surface area contributed by atoms with Gasteiger partial charge in [-0.1, -0.05) is 0 Å². The molecule has 0 bridgehead atoms. The van der Waals surface area contributed by atoms with E-state index in [0.29, 0.717) is 17.8 Å². The standard InChI is InChI=1S/C14H19N3O2/c1-10(18)16-13-7-11(9-15)6-12(8-13)14(19)17-4-2-3-5-17/h6-8H,2-5,9,15H2,1H3,(H,16,18). The summed E-state index contributed by atoms with van der Waals surface area (Å²) in [7, 11) is 0. The van der Waals surface area contributed by atoms with Crippen molar-refractivity contribution in [3.8, 4) is 0 Å². The van der Waals surface area contributed by atoms with Gasteiger partial charge in [-0.05, 0) is 36.6 Å². The number of hydrogen-bond donors (Lipinski definition) is 2. The predicted octanol–water partition coefficient (Wildman–Crippen LogP) is 1.34. The first kappa shape index (κ1) is 13.5. The predicted molar refractivity (Wildman–Crippen MR) is 73.8 cm³/mol. The Labute approximate surface area is 112 Å². The van der Waals surface area contributed by atoms with Gasteiger partial charge in [0.15, 0.2) is 0 Å². The summed E-state index contributed by atoms with van der Waals surface area (Å²) in [6, 6.07) is 5.30. The van der Waals surface area contributed by atoms with Crippen LogP contribution in [0.5, 0.6) is 0 Å². The molecule has 1 aliphatic heterocycles. The first-order valence-electron chi connectivity index (χ1n) is 6.51. The van der Waals surface area contributed by atoms with E-state index in [4.69, 9.17) is 5.73 Å². The fourth-order valence-electron chi connectivity index (χ4n) is 2.31. The van der Waals surface area contributed by atoms with Gasteiger partial charge < -0.3 is 16.0 Å². The van der Waals surface area contributed by atoms with Gasteiger partial charge in [0.2, 0.25) is 5.91 Å². The highest BCUT2D eigenvalue weighted by Crippen LogP contribution is 2.19. The van der Waals surface area contributed by atoms with Crippen molar-refractivity contribution < 1.29 is 9.59 Å². The second kappa shape index (κ2) is 5.84. The lowest BCUT2D eigenvalue weighted by molar-refractivity contribution is -0.114. The minimum atomic E-state index is -0.159. The number of benzene rings is 1. The molecule has 19 heavy (non-hydrogen) atoms. The number of nitrogens with one attached hydrogen (secondary N) is 1. The number of nitrogens with two attached hydrogens (primary N) is 1. The molecule has 0 spiro atoms. The van der Waals surface area contributed by atoms with Gasteiger partial charge in [-0.25, -0.2) is 0 Å². The van der Waals surface area contributed by atoms with Gasteiger partial charge >= 0.3 is 0 Å². The zero-order valence-electron chi connectivity index (χ0n) is 11.1. The number of carbonyl (C=O) groups excluding carboxylic acids is 2. The van der Waals surface area contributed by atoms with Crippen LogP contribution in [0.15, 0.2) is 18.2 Å². The fourth-order valence-corrected chi connectivity index (χ4v) is 2.31. The molecule has 1 heterocycles. The molecule has 1 aromatic rings. The molecule has 0 unspecified atom stereocenters. The summed E-state index contributed by atoms with van der Waals surface area (Å²) in [5.74, 6) is -0.145. The van der Waals surface area contributed by atoms with Crippen LogP contribution in [0.25, 0.3) is 0 Å². The number of amides is 2. The molecule has 2 rings (SSSR count). The van der Waals surface area contributed by atoms with Crippen LogP contribution >= 0.6 is 0 Å². The van der Waals surface area contributed by atoms with E-state index in [2.05, 4.69) is 5.32 Å². The quantitative estimate of drug-likeness (QED) is 0.862. The molecule has 1 aromatic carbocycles. The number of rotatable bonds is 3. The molecule has 1 saturated heterocycles. The van der Waals surface area contributed by atoms with Crippen LogP contribution in [-0.4, -0.2) is 29.8 Å². The minimum Gasteiger partial charge on any atom is -0.339 e. The average Bonchev–Trinajstić information content (AvgIpc) is 2.90. The molecule has 1 aliphatic rings. The SMILES string of the molecule is CC(=O)Nc1cc(CN)cc(C(=O)N2CCCC2)c1. The Bertz CT molecular complexity index is 493. The van der Waals surface area contributed by atoms with E-state index in [1.807, 2.05) is 4.90 Å². The van der Waals surface area contributed by atoms with Gasteiger partial charge in [0.1, 0.15) is 0 Å². The lowest BCUT2D eigenvalue weighted by atomic mass is 10.1. The Morgan fingerprint density at radius 2 is 1.95 bits per heavy atom. The Morgan fingerprint density at radius 1 is 1.26 bits per heavy atom. The number of anilines is 1. The van der Waals surface area contributed by atoms with Crippen LogP contribution in [0.3, 0.4) is 0 Å². The maximum atomic E-state index is 12.3. The van der Waals surface area contributed by atoms with E-state index < -0.39 is 0 Å². The summed E-state index contributed by atoms with van der Waals surface area (Å²) in [4.78, 5) is 25.3. The van der Waals surface area contributed by atoms with Crippen LogP contribution in [0.1, 0.15) is 35.7 Å². The third-order valence-electron chi connectivity index (χ3n) is 3.19. The monoisotopic (exact) mass is 261 g/mol. The van der Waals surface area contributed by atoms with Crippen LogP contribution in [0, 0.1) is 0 Å². The first-order chi connectivity index (χ1) is 9.10. The van der Waals surface area contributed by atoms with E-state index in [0.717, 1.165) is 31.5 Å². The van der Waals surface area contributed by atoms with Crippen molar-refractivity contribution >= 4 is 17.5 Å². The maximum Gasteiger partial charge on any atom is 0.253 e. The molecule has 1 fully saturated rings. The van der Waals surface area contributed by atoms with Crippen LogP contribution in [0.2, 0.25) is 0 Å². The van der Waals surface area contributed by atoms with Gasteiger partial charge in [0.25, 0.3) is 5.91 Å². The molecule has 0 saturated carbocycles. The Hall–Kier alpha value is -1.88. The number of hydrogen-bond acceptors (Lipinski definition) is 3. The van der Waals surface area contributed by atoms with Gasteiger partial charge in [-0.2, -0.15) is 0 Å². The van der Waals surface area contributed by atoms with Crippen LogP contribution in [-0.2, 0) is 11.3 Å². The molecule has 0 atom stereocenters. The highest BCUT2D eigenvalue weighted by Gasteiger charge is 2.20. The summed E-state index contributed by atoms with van der Waals surface area (Å²) in [5.41, 5.74) is 7.69. The summed E-state index contributed by atoms with van der Waals surface area (Å²) in [5, 5.41) is 2.70. The Balaban J connectivity index is 2.27. The fraction of sp³-hybridized carbons (Fsp3) is 0.429. The van der Waals surface area contributed by atoms with Crippen molar-refractivity contribution in [2.45, 2.75) is 26.3 Å². The summed E-state index contributed by atoms with van der Waals surface area (Å²) >= 11 is 0. The normalized spacial score (nSPS) is 14.5. The smallest absolute Gasteiger partial charge is 0.253 e. The van der Waals surface area contributed by atoms with E-state index in [9.17, 15) is 9.59 Å². The lowest BCUT2D eigenvalue weighted by Crippen LogP contribution is -2.27. The molecule has 5 heteroatoms. The summed E-state index contributed by atoms with van der Waals surface area (Å²) < 4.78 is 0. The molecule has 102 valence electrons. The second-order valence-electron chi connectivity index (χ2n) is 4.80. The summed E-state index contributed by atoms with van der Waals surface area (Å²) in [6.07, 6.45) is 2.11. The third kappa shape index (κ3) is 3.32. The van der Waals surface area contributed by atoms with E-state index in [1.165, 1.54) is 6.92 Å². The molecule has 0 aliphatic carbocycles. The molecular weight excluding hydrogens is 242 g/mol. The van der Waals surface area contributed by atoms with Crippen molar-refractivity contribution in [1.82, 2.24) is 4.90 Å². The largest absolute Gasteiger partial charge is 0.339 e. The van der Waals surface area contributed by atoms with E-state index in [-0.39, 0.29) is 11.8 Å². The molecule has 3 N–H and O–H groups in total. The van der Waals surface area contributed by atoms with Crippen LogP contribution in [0.4, 0.5) is 5.69 Å². The van der Waals surface area contributed by atoms with Gasteiger partial charge in [-0.3, -0.25) is 9.59 Å². The molecule has 2 amide bonds. The van der Waals surface area contributed by atoms with Crippen molar-refractivity contribution in [2.75, 3.05) is 18.4 Å². The molecule has 5 nitrogen and oxygen atoms in total. The zero-order valence-corrected chi connectivity index (χ0v) is 11.1. The second-order valence-corrected chi connectivity index (χ2v) is 4.80. The van der Waals surface area contributed by atoms with Crippen molar-refractivity contribution in [3.05, 3.63) is 29.3 Å². The van der Waals surface area contributed by atoms with Gasteiger partial charge in [-0.15, -0.1) is 0 Å². The lowest BCUT2D eigenvalue weighted by Gasteiger charge is -2.16. The van der Waals surface area contributed by atoms with Gasteiger partial charge in [0.05, 0.1) is 0 Å². The number of nitrogens with zero attached hydrogens (tertiary/aromatic N) is 1. The Kier molecular flexibility index (Phi) is 4.16. The zero-order chi connectivity index (χ0) is 13.8. The summed E-state index contributed by atoms with van der Waals surface area (Å²) in [6.45, 7) is 3.40. The highest BCUT2D eigenvalue weighted by atomic mass is 16.2. The topological polar surface area (TPSA) is 75.4 Å². The Morgan fingerprint density at radius 3 is 2.53 bits per heavy atom. The minimum absolute atomic E-state index is 0.0133. The molecule has 0 aromatic heterocycles. The van der Waals surface area contributed by atoms with E-state index >= 15 is 0 Å². The van der Waals surface area contributed by atoms with Crippen molar-refractivity contribution in [2.24, 2.45) is 5.73 Å². The van der Waals surface area contributed by atoms with Crippen molar-refractivity contribution in [1.29, 1.82) is 0 Å². The highest BCUT2D eigenvalue weighted by molar-refractivity contribution is 5.97. The average molecular weight is 261 g/mol. The maximum absolute atomic E-state index is 12.3.